The molecule has 0 bridgehead atoms. The van der Waals surface area contributed by atoms with Gasteiger partial charge >= 0.3 is 0 Å². The van der Waals surface area contributed by atoms with Crippen LogP contribution in [0, 0.1) is 5.82 Å². The van der Waals surface area contributed by atoms with Gasteiger partial charge < -0.3 is 4.90 Å². The van der Waals surface area contributed by atoms with Crippen LogP contribution < -0.4 is 4.90 Å². The van der Waals surface area contributed by atoms with E-state index in [2.05, 4.69) is 4.98 Å². The number of pyridine rings is 1. The maximum Gasteiger partial charge on any atom is 0.210 e. The quantitative estimate of drug-likeness (QED) is 0.618. The second-order valence-corrected chi connectivity index (χ2v) is 8.10. The number of halogens is 1. The maximum absolute atomic E-state index is 13.0. The molecule has 0 saturated heterocycles. The number of benzene rings is 2. The van der Waals surface area contributed by atoms with E-state index >= 15 is 0 Å². The maximum atomic E-state index is 13.0. The Kier molecular flexibility index (Phi) is 5.37. The summed E-state index contributed by atoms with van der Waals surface area (Å²) < 4.78 is 38.9. The highest BCUT2D eigenvalue weighted by molar-refractivity contribution is 7.91. The normalized spacial score (nSPS) is 11.7. The molecule has 3 aromatic rings. The lowest BCUT2D eigenvalue weighted by atomic mass is 10.1. The Balaban J connectivity index is 1.87. The lowest BCUT2D eigenvalue weighted by molar-refractivity contribution is 0.595. The zero-order chi connectivity index (χ0) is 19.4. The van der Waals surface area contributed by atoms with Crippen LogP contribution in [0.3, 0.4) is 0 Å². The van der Waals surface area contributed by atoms with Crippen molar-refractivity contribution in [2.75, 3.05) is 19.0 Å². The average molecular weight is 382 g/mol. The molecule has 27 heavy (non-hydrogen) atoms. The molecule has 6 heteroatoms. The molecule has 4 nitrogen and oxygen atoms in total. The predicted molar refractivity (Wildman–Crippen MR) is 106 cm³/mol. The summed E-state index contributed by atoms with van der Waals surface area (Å²) in [5.41, 5.74) is 1.70. The topological polar surface area (TPSA) is 50.3 Å². The first kappa shape index (κ1) is 18.8. The van der Waals surface area contributed by atoms with Crippen LogP contribution in [0.2, 0.25) is 0 Å². The predicted octanol–water partition coefficient (Wildman–Crippen LogP) is 4.29. The van der Waals surface area contributed by atoms with E-state index in [9.17, 15) is 12.8 Å². The molecule has 0 saturated carbocycles. The minimum atomic E-state index is -3.67. The highest BCUT2D eigenvalue weighted by atomic mass is 32.2. The molecule has 0 atom stereocenters. The summed E-state index contributed by atoms with van der Waals surface area (Å²) in [4.78, 5) is 6.22. The molecule has 3 rings (SSSR count). The smallest absolute Gasteiger partial charge is 0.210 e. The molecule has 0 unspecified atom stereocenters. The van der Waals surface area contributed by atoms with Gasteiger partial charge in [-0.15, -0.1) is 0 Å². The Morgan fingerprint density at radius 2 is 1.44 bits per heavy atom. The third-order valence-electron chi connectivity index (χ3n) is 3.99. The van der Waals surface area contributed by atoms with Crippen molar-refractivity contribution < 1.29 is 12.8 Å². The van der Waals surface area contributed by atoms with Crippen molar-refractivity contribution in [3.8, 4) is 0 Å². The Bertz CT molecular complexity index is 1060. The highest BCUT2D eigenvalue weighted by Crippen LogP contribution is 2.27. The van der Waals surface area contributed by atoms with Gasteiger partial charge in [-0.05, 0) is 47.5 Å². The van der Waals surface area contributed by atoms with Gasteiger partial charge in [-0.25, -0.2) is 17.8 Å². The molecular weight excluding hydrogens is 363 g/mol. The lowest BCUT2D eigenvalue weighted by Gasteiger charge is -2.15. The summed E-state index contributed by atoms with van der Waals surface area (Å²) in [5.74, 6) is 0.118. The van der Waals surface area contributed by atoms with Crippen molar-refractivity contribution >= 4 is 27.8 Å². The number of rotatable bonds is 5. The summed E-state index contributed by atoms with van der Waals surface area (Å²) in [6.45, 7) is 0. The van der Waals surface area contributed by atoms with Crippen molar-refractivity contribution in [2.45, 2.75) is 9.79 Å². The largest absolute Gasteiger partial charge is 0.362 e. The van der Waals surface area contributed by atoms with E-state index in [0.717, 1.165) is 11.1 Å². The fourth-order valence-corrected chi connectivity index (χ4v) is 4.06. The SMILES string of the molecule is CN(C)c1ncccc1S(=O)(=O)c1ccc(/C=C/c2ccc(F)cc2)cc1. The van der Waals surface area contributed by atoms with Crippen LogP contribution in [-0.2, 0) is 9.84 Å². The fourth-order valence-electron chi connectivity index (χ4n) is 2.58. The number of aromatic nitrogens is 1. The van der Waals surface area contributed by atoms with Gasteiger partial charge in [-0.1, -0.05) is 36.4 Å². The third kappa shape index (κ3) is 4.23. The minimum Gasteiger partial charge on any atom is -0.362 e. The van der Waals surface area contributed by atoms with Gasteiger partial charge in [0.2, 0.25) is 9.84 Å². The third-order valence-corrected chi connectivity index (χ3v) is 5.78. The summed E-state index contributed by atoms with van der Waals surface area (Å²) >= 11 is 0. The molecule has 0 aliphatic rings. The van der Waals surface area contributed by atoms with Crippen molar-refractivity contribution in [1.82, 2.24) is 4.98 Å². The molecule has 0 radical (unpaired) electrons. The molecule has 138 valence electrons. The van der Waals surface area contributed by atoms with Crippen molar-refractivity contribution in [1.29, 1.82) is 0 Å². The number of sulfone groups is 1. The molecule has 0 fully saturated rings. The number of nitrogens with zero attached hydrogens (tertiary/aromatic N) is 2. The Morgan fingerprint density at radius 3 is 2.00 bits per heavy atom. The molecule has 2 aromatic carbocycles. The Labute approximate surface area is 158 Å². The fraction of sp³-hybridized carbons (Fsp3) is 0.0952. The molecule has 0 aliphatic heterocycles. The summed E-state index contributed by atoms with van der Waals surface area (Å²) in [7, 11) is -0.164. The van der Waals surface area contributed by atoms with Crippen LogP contribution in [-0.4, -0.2) is 27.5 Å². The first-order valence-corrected chi connectivity index (χ1v) is 9.77. The summed E-state index contributed by atoms with van der Waals surface area (Å²) in [6.07, 6.45) is 5.25. The van der Waals surface area contributed by atoms with Crippen LogP contribution in [0.1, 0.15) is 11.1 Å². The molecule has 0 N–H and O–H groups in total. The van der Waals surface area contributed by atoms with Gasteiger partial charge in [0.25, 0.3) is 0 Å². The van der Waals surface area contributed by atoms with E-state index in [4.69, 9.17) is 0 Å². The Morgan fingerprint density at radius 1 is 0.889 bits per heavy atom. The number of hydrogen-bond acceptors (Lipinski definition) is 4. The van der Waals surface area contributed by atoms with Crippen molar-refractivity contribution in [3.63, 3.8) is 0 Å². The van der Waals surface area contributed by atoms with Crippen molar-refractivity contribution in [2.24, 2.45) is 0 Å². The van der Waals surface area contributed by atoms with E-state index in [0.29, 0.717) is 5.82 Å². The first-order chi connectivity index (χ1) is 12.9. The van der Waals surface area contributed by atoms with Gasteiger partial charge in [0.15, 0.2) is 0 Å². The molecule has 0 spiro atoms. The van der Waals surface area contributed by atoms with Crippen LogP contribution in [0.15, 0.2) is 76.7 Å². The van der Waals surface area contributed by atoms with Gasteiger partial charge in [0, 0.05) is 20.3 Å². The van der Waals surface area contributed by atoms with Crippen LogP contribution in [0.5, 0.6) is 0 Å². The molecular formula is C21H19FN2O2S. The Hall–Kier alpha value is -2.99. The first-order valence-electron chi connectivity index (χ1n) is 8.29. The standard InChI is InChI=1S/C21H19FN2O2S/c1-24(2)21-20(4-3-15-23-21)27(25,26)19-13-9-17(10-14-19)6-5-16-7-11-18(22)12-8-16/h3-15H,1-2H3/b6-5+. The number of hydrogen-bond donors (Lipinski definition) is 0. The number of anilines is 1. The molecule has 0 amide bonds. The molecule has 1 aromatic heterocycles. The highest BCUT2D eigenvalue weighted by Gasteiger charge is 2.22. The van der Waals surface area contributed by atoms with E-state index in [1.807, 2.05) is 12.2 Å². The molecule has 0 aliphatic carbocycles. The van der Waals surface area contributed by atoms with E-state index in [-0.39, 0.29) is 15.6 Å². The minimum absolute atomic E-state index is 0.171. The zero-order valence-electron chi connectivity index (χ0n) is 15.0. The second kappa shape index (κ2) is 7.72. The van der Waals surface area contributed by atoms with Gasteiger partial charge in [-0.2, -0.15) is 0 Å². The van der Waals surface area contributed by atoms with Crippen LogP contribution >= 0.6 is 0 Å². The van der Waals surface area contributed by atoms with Gasteiger partial charge in [0.1, 0.15) is 16.5 Å². The van der Waals surface area contributed by atoms with E-state index in [1.165, 1.54) is 12.1 Å². The van der Waals surface area contributed by atoms with E-state index in [1.54, 1.807) is 73.7 Å². The van der Waals surface area contributed by atoms with Crippen LogP contribution in [0.25, 0.3) is 12.2 Å². The van der Waals surface area contributed by atoms with Crippen molar-refractivity contribution in [3.05, 3.63) is 83.8 Å². The summed E-state index contributed by atoms with van der Waals surface area (Å²) in [5, 5.41) is 0. The van der Waals surface area contributed by atoms with Gasteiger partial charge in [0.05, 0.1) is 4.90 Å². The van der Waals surface area contributed by atoms with Gasteiger partial charge in [-0.3, -0.25) is 0 Å². The monoisotopic (exact) mass is 382 g/mol. The molecule has 1 heterocycles. The lowest BCUT2D eigenvalue weighted by Crippen LogP contribution is -2.15. The average Bonchev–Trinajstić information content (AvgIpc) is 2.68. The zero-order valence-corrected chi connectivity index (χ0v) is 15.8. The summed E-state index contributed by atoms with van der Waals surface area (Å²) in [6, 6.07) is 15.9. The van der Waals surface area contributed by atoms with E-state index < -0.39 is 9.84 Å². The van der Waals surface area contributed by atoms with Crippen LogP contribution in [0.4, 0.5) is 10.2 Å². The second-order valence-electron chi connectivity index (χ2n) is 6.18.